The number of aromatic nitrogens is 1. The van der Waals surface area contributed by atoms with E-state index < -0.39 is 18.7 Å². The van der Waals surface area contributed by atoms with Crippen LogP contribution in [-0.2, 0) is 6.54 Å². The van der Waals surface area contributed by atoms with Crippen molar-refractivity contribution >= 4 is 17.7 Å². The fraction of sp³-hybridized carbons (Fsp3) is 0.136. The van der Waals surface area contributed by atoms with Crippen molar-refractivity contribution < 1.29 is 22.7 Å². The Kier molecular flexibility index (Phi) is 7.15. The van der Waals surface area contributed by atoms with Crippen LogP contribution in [0.5, 0.6) is 5.88 Å². The number of alkyl halides is 3. The fourth-order valence-electron chi connectivity index (χ4n) is 2.62. The zero-order valence-corrected chi connectivity index (χ0v) is 16.8. The number of amides is 1. The van der Waals surface area contributed by atoms with Gasteiger partial charge in [0.15, 0.2) is 6.61 Å². The van der Waals surface area contributed by atoms with Crippen molar-refractivity contribution in [2.75, 3.05) is 6.61 Å². The van der Waals surface area contributed by atoms with Crippen molar-refractivity contribution in [1.82, 2.24) is 10.3 Å². The van der Waals surface area contributed by atoms with Crippen molar-refractivity contribution in [3.8, 4) is 11.9 Å². The number of nitrogens with one attached hydrogen (secondary N) is 1. The maximum absolute atomic E-state index is 12.8. The van der Waals surface area contributed by atoms with E-state index in [1.807, 2.05) is 0 Å². The second kappa shape index (κ2) is 10.00. The van der Waals surface area contributed by atoms with Gasteiger partial charge in [0.2, 0.25) is 5.88 Å². The van der Waals surface area contributed by atoms with Crippen molar-refractivity contribution in [3.63, 3.8) is 0 Å². The lowest BCUT2D eigenvalue weighted by Crippen LogP contribution is -2.25. The van der Waals surface area contributed by atoms with E-state index in [9.17, 15) is 23.2 Å². The predicted octanol–water partition coefficient (Wildman–Crippen LogP) is 4.98. The fourth-order valence-corrected chi connectivity index (χ4v) is 3.64. The number of carbonyl (C=O) groups is 1. The number of nitriles is 1. The Bertz CT molecular complexity index is 1110. The Labute approximate surface area is 180 Å². The van der Waals surface area contributed by atoms with E-state index >= 15 is 0 Å². The SMILES string of the molecule is N#Cc1ccccc1Sc1ccccc1C(=O)NCc1cccnc1OCC(F)(F)F. The van der Waals surface area contributed by atoms with Crippen LogP contribution in [0.3, 0.4) is 0 Å². The quantitative estimate of drug-likeness (QED) is 0.558. The molecule has 3 aromatic rings. The average Bonchev–Trinajstić information content (AvgIpc) is 2.77. The highest BCUT2D eigenvalue weighted by Crippen LogP contribution is 2.32. The van der Waals surface area contributed by atoms with E-state index in [4.69, 9.17) is 4.74 Å². The van der Waals surface area contributed by atoms with Crippen LogP contribution in [0, 0.1) is 11.3 Å². The molecule has 0 aliphatic carbocycles. The Morgan fingerprint density at radius 1 is 1.06 bits per heavy atom. The van der Waals surface area contributed by atoms with Gasteiger partial charge < -0.3 is 10.1 Å². The molecule has 1 aromatic heterocycles. The molecule has 31 heavy (non-hydrogen) atoms. The molecule has 9 heteroatoms. The summed E-state index contributed by atoms with van der Waals surface area (Å²) < 4.78 is 42.1. The van der Waals surface area contributed by atoms with E-state index in [0.29, 0.717) is 26.5 Å². The normalized spacial score (nSPS) is 10.9. The molecule has 1 heterocycles. The molecular formula is C22H16F3N3O2S. The number of ether oxygens (including phenoxy) is 1. The van der Waals surface area contributed by atoms with Crippen molar-refractivity contribution in [1.29, 1.82) is 5.26 Å². The van der Waals surface area contributed by atoms with Gasteiger partial charge in [-0.05, 0) is 30.3 Å². The first-order valence-corrected chi connectivity index (χ1v) is 9.86. The highest BCUT2D eigenvalue weighted by Gasteiger charge is 2.29. The molecule has 0 fully saturated rings. The molecular weight excluding hydrogens is 427 g/mol. The number of pyridine rings is 1. The van der Waals surface area contributed by atoms with Crippen LogP contribution in [0.1, 0.15) is 21.5 Å². The zero-order chi connectivity index (χ0) is 22.3. The standard InChI is InChI=1S/C22H16F3N3O2S/c23-22(24,25)14-30-21-16(7-5-11-27-21)13-28-20(29)17-8-2-4-10-19(17)31-18-9-3-1-6-15(18)12-26/h1-11H,13-14H2,(H,28,29). The number of benzene rings is 2. The summed E-state index contributed by atoms with van der Waals surface area (Å²) in [5.74, 6) is -0.603. The topological polar surface area (TPSA) is 75.0 Å². The van der Waals surface area contributed by atoms with E-state index in [1.165, 1.54) is 24.0 Å². The largest absolute Gasteiger partial charge is 0.468 e. The van der Waals surface area contributed by atoms with Crippen LogP contribution in [0.15, 0.2) is 76.7 Å². The minimum atomic E-state index is -4.49. The zero-order valence-electron chi connectivity index (χ0n) is 16.0. The Hall–Kier alpha value is -3.51. The molecule has 5 nitrogen and oxygen atoms in total. The lowest BCUT2D eigenvalue weighted by Gasteiger charge is -2.13. The van der Waals surface area contributed by atoms with Gasteiger partial charge in [0.1, 0.15) is 6.07 Å². The van der Waals surface area contributed by atoms with Gasteiger partial charge in [-0.1, -0.05) is 42.1 Å². The molecule has 2 aromatic carbocycles. The smallest absolute Gasteiger partial charge is 0.422 e. The van der Waals surface area contributed by atoms with Crippen molar-refractivity contribution in [2.45, 2.75) is 22.5 Å². The molecule has 3 rings (SSSR count). The number of carbonyl (C=O) groups excluding carboxylic acids is 1. The van der Waals surface area contributed by atoms with Gasteiger partial charge in [0, 0.05) is 28.1 Å². The third-order valence-electron chi connectivity index (χ3n) is 4.02. The molecule has 1 N–H and O–H groups in total. The van der Waals surface area contributed by atoms with Gasteiger partial charge in [0.05, 0.1) is 11.1 Å². The molecule has 0 aliphatic rings. The monoisotopic (exact) mass is 443 g/mol. The van der Waals surface area contributed by atoms with Gasteiger partial charge >= 0.3 is 6.18 Å². The molecule has 1 amide bonds. The third-order valence-corrected chi connectivity index (χ3v) is 5.17. The number of hydrogen-bond donors (Lipinski definition) is 1. The maximum Gasteiger partial charge on any atom is 0.422 e. The van der Waals surface area contributed by atoms with E-state index in [1.54, 1.807) is 54.6 Å². The van der Waals surface area contributed by atoms with E-state index in [0.717, 1.165) is 0 Å². The highest BCUT2D eigenvalue weighted by atomic mass is 32.2. The van der Waals surface area contributed by atoms with Crippen LogP contribution in [0.4, 0.5) is 13.2 Å². The van der Waals surface area contributed by atoms with E-state index in [2.05, 4.69) is 16.4 Å². The molecule has 0 atom stereocenters. The first-order valence-electron chi connectivity index (χ1n) is 9.05. The minimum Gasteiger partial charge on any atom is -0.468 e. The summed E-state index contributed by atoms with van der Waals surface area (Å²) in [6.45, 7) is -1.53. The summed E-state index contributed by atoms with van der Waals surface area (Å²) in [5, 5.41) is 12.0. The molecule has 0 radical (unpaired) electrons. The van der Waals surface area contributed by atoms with Gasteiger partial charge in [0.25, 0.3) is 5.91 Å². The summed E-state index contributed by atoms with van der Waals surface area (Å²) in [4.78, 5) is 17.9. The molecule has 0 saturated carbocycles. The van der Waals surface area contributed by atoms with Crippen LogP contribution in [0.2, 0.25) is 0 Å². The van der Waals surface area contributed by atoms with Gasteiger partial charge in [-0.25, -0.2) is 4.98 Å². The van der Waals surface area contributed by atoms with Crippen molar-refractivity contribution in [2.24, 2.45) is 0 Å². The van der Waals surface area contributed by atoms with Gasteiger partial charge in [-0.2, -0.15) is 18.4 Å². The lowest BCUT2D eigenvalue weighted by atomic mass is 10.2. The highest BCUT2D eigenvalue weighted by molar-refractivity contribution is 7.99. The Morgan fingerprint density at radius 2 is 1.77 bits per heavy atom. The Morgan fingerprint density at radius 3 is 2.52 bits per heavy atom. The summed E-state index contributed by atoms with van der Waals surface area (Å²) in [6, 6.07) is 19.1. The molecule has 0 bridgehead atoms. The number of hydrogen-bond acceptors (Lipinski definition) is 5. The minimum absolute atomic E-state index is 0.0619. The van der Waals surface area contributed by atoms with Crippen molar-refractivity contribution in [3.05, 3.63) is 83.6 Å². The third kappa shape index (κ3) is 6.23. The summed E-state index contributed by atoms with van der Waals surface area (Å²) in [6.07, 6.45) is -3.18. The Balaban J connectivity index is 1.74. The van der Waals surface area contributed by atoms with Crippen LogP contribution >= 0.6 is 11.8 Å². The summed E-state index contributed by atoms with van der Waals surface area (Å²) in [5.41, 5.74) is 1.19. The summed E-state index contributed by atoms with van der Waals surface area (Å²) in [7, 11) is 0. The van der Waals surface area contributed by atoms with Crippen LogP contribution in [0.25, 0.3) is 0 Å². The number of rotatable bonds is 7. The summed E-state index contributed by atoms with van der Waals surface area (Å²) >= 11 is 1.28. The maximum atomic E-state index is 12.8. The van der Waals surface area contributed by atoms with Gasteiger partial charge in [-0.15, -0.1) is 0 Å². The molecule has 0 unspecified atom stereocenters. The molecule has 0 saturated heterocycles. The van der Waals surface area contributed by atoms with E-state index in [-0.39, 0.29) is 12.4 Å². The van der Waals surface area contributed by atoms with Gasteiger partial charge in [-0.3, -0.25) is 4.79 Å². The number of halogens is 3. The van der Waals surface area contributed by atoms with Crippen LogP contribution < -0.4 is 10.1 Å². The predicted molar refractivity (Wildman–Crippen MR) is 109 cm³/mol. The molecule has 158 valence electrons. The molecule has 0 spiro atoms. The first kappa shape index (κ1) is 22.2. The molecule has 0 aliphatic heterocycles. The average molecular weight is 443 g/mol. The van der Waals surface area contributed by atoms with Crippen LogP contribution in [-0.4, -0.2) is 23.7 Å². The first-order chi connectivity index (χ1) is 14.9. The second-order valence-corrected chi connectivity index (χ2v) is 7.34. The lowest BCUT2D eigenvalue weighted by molar-refractivity contribution is -0.154. The second-order valence-electron chi connectivity index (χ2n) is 6.26. The number of nitrogens with zero attached hydrogens (tertiary/aromatic N) is 2.